The first-order chi connectivity index (χ1) is 13.6. The second kappa shape index (κ2) is 8.35. The summed E-state index contributed by atoms with van der Waals surface area (Å²) in [6.45, 7) is 2.28. The van der Waals surface area contributed by atoms with Crippen LogP contribution < -0.4 is 0 Å². The number of sulfonamides is 1. The van der Waals surface area contributed by atoms with E-state index in [0.29, 0.717) is 34.7 Å². The highest BCUT2D eigenvalue weighted by molar-refractivity contribution is 7.91. The van der Waals surface area contributed by atoms with Gasteiger partial charge < -0.3 is 0 Å². The van der Waals surface area contributed by atoms with Gasteiger partial charge in [0.15, 0.2) is 0 Å². The van der Waals surface area contributed by atoms with E-state index in [1.807, 2.05) is 36.4 Å². The van der Waals surface area contributed by atoms with E-state index < -0.39 is 10.0 Å². The van der Waals surface area contributed by atoms with Crippen molar-refractivity contribution < 1.29 is 8.42 Å². The van der Waals surface area contributed by atoms with Gasteiger partial charge in [-0.2, -0.15) is 4.31 Å². The summed E-state index contributed by atoms with van der Waals surface area (Å²) in [5.41, 5.74) is 2.44. The number of hydrogen-bond donors (Lipinski definition) is 0. The molecule has 0 atom stereocenters. The van der Waals surface area contributed by atoms with Crippen molar-refractivity contribution in [3.8, 4) is 0 Å². The van der Waals surface area contributed by atoms with Gasteiger partial charge in [0, 0.05) is 26.2 Å². The fraction of sp³-hybridized carbons (Fsp3) is 0.238. The Kier molecular flexibility index (Phi) is 5.85. The van der Waals surface area contributed by atoms with Crippen LogP contribution in [0.5, 0.6) is 0 Å². The fourth-order valence-electron chi connectivity index (χ4n) is 3.65. The third-order valence-corrected chi connectivity index (χ3v) is 8.61. The molecule has 1 saturated heterocycles. The Bertz CT molecular complexity index is 975. The van der Waals surface area contributed by atoms with E-state index in [-0.39, 0.29) is 6.04 Å². The highest BCUT2D eigenvalue weighted by atomic mass is 35.5. The van der Waals surface area contributed by atoms with Crippen molar-refractivity contribution in [3.05, 3.63) is 88.3 Å². The molecule has 0 radical (unpaired) electrons. The van der Waals surface area contributed by atoms with E-state index >= 15 is 0 Å². The molecule has 146 valence electrons. The second-order valence-electron chi connectivity index (χ2n) is 6.72. The van der Waals surface area contributed by atoms with Gasteiger partial charge in [-0.1, -0.05) is 72.3 Å². The molecule has 1 aliphatic heterocycles. The second-order valence-corrected chi connectivity index (χ2v) is 10.6. The molecule has 4 rings (SSSR count). The van der Waals surface area contributed by atoms with Gasteiger partial charge in [0.25, 0.3) is 10.0 Å². The first kappa shape index (κ1) is 19.6. The average Bonchev–Trinajstić information content (AvgIpc) is 3.18. The van der Waals surface area contributed by atoms with E-state index in [2.05, 4.69) is 29.2 Å². The predicted molar refractivity (Wildman–Crippen MR) is 114 cm³/mol. The molecular weight excluding hydrogens is 412 g/mol. The zero-order chi connectivity index (χ0) is 19.6. The summed E-state index contributed by atoms with van der Waals surface area (Å²) in [7, 11) is -3.48. The monoisotopic (exact) mass is 432 g/mol. The van der Waals surface area contributed by atoms with Crippen LogP contribution in [0.4, 0.5) is 0 Å². The number of benzene rings is 2. The summed E-state index contributed by atoms with van der Waals surface area (Å²) in [5.74, 6) is 0. The van der Waals surface area contributed by atoms with E-state index in [0.717, 1.165) is 11.3 Å². The van der Waals surface area contributed by atoms with Crippen molar-refractivity contribution in [2.24, 2.45) is 0 Å². The van der Waals surface area contributed by atoms with Crippen molar-refractivity contribution in [2.45, 2.75) is 10.3 Å². The first-order valence-electron chi connectivity index (χ1n) is 9.15. The van der Waals surface area contributed by atoms with Crippen molar-refractivity contribution in [2.75, 3.05) is 26.2 Å². The van der Waals surface area contributed by atoms with Gasteiger partial charge in [0.2, 0.25) is 0 Å². The quantitative estimate of drug-likeness (QED) is 0.596. The van der Waals surface area contributed by atoms with Gasteiger partial charge in [-0.25, -0.2) is 8.42 Å². The largest absolute Gasteiger partial charge is 0.290 e. The Hall–Kier alpha value is -1.70. The standard InChI is InChI=1S/C21H21ClN2O2S2/c22-19-11-12-20(27-19)28(25,26)24-15-13-23(14-16-24)21(17-7-3-1-4-8-17)18-9-5-2-6-10-18/h1-12,21H,13-16H2. The van der Waals surface area contributed by atoms with Gasteiger partial charge in [-0.05, 0) is 23.3 Å². The maximum absolute atomic E-state index is 12.9. The summed E-state index contributed by atoms with van der Waals surface area (Å²) >= 11 is 7.04. The van der Waals surface area contributed by atoms with E-state index in [9.17, 15) is 8.42 Å². The van der Waals surface area contributed by atoms with Crippen LogP contribution in [0.2, 0.25) is 4.34 Å². The van der Waals surface area contributed by atoms with Crippen LogP contribution in [0, 0.1) is 0 Å². The number of rotatable bonds is 5. The Morgan fingerprint density at radius 3 is 1.79 bits per heavy atom. The molecule has 1 fully saturated rings. The maximum Gasteiger partial charge on any atom is 0.252 e. The molecule has 0 unspecified atom stereocenters. The topological polar surface area (TPSA) is 40.6 Å². The van der Waals surface area contributed by atoms with Crippen LogP contribution in [-0.2, 0) is 10.0 Å². The molecule has 0 spiro atoms. The highest BCUT2D eigenvalue weighted by Gasteiger charge is 2.32. The minimum atomic E-state index is -3.48. The molecule has 0 N–H and O–H groups in total. The predicted octanol–water partition coefficient (Wildman–Crippen LogP) is 4.50. The van der Waals surface area contributed by atoms with E-state index in [4.69, 9.17) is 11.6 Å². The maximum atomic E-state index is 12.9. The minimum Gasteiger partial charge on any atom is -0.290 e. The summed E-state index contributed by atoms with van der Waals surface area (Å²) in [4.78, 5) is 2.36. The summed E-state index contributed by atoms with van der Waals surface area (Å²) in [6, 6.07) is 24.1. The zero-order valence-electron chi connectivity index (χ0n) is 15.2. The Labute approximate surface area is 175 Å². The summed E-state index contributed by atoms with van der Waals surface area (Å²) in [6.07, 6.45) is 0. The minimum absolute atomic E-state index is 0.114. The molecule has 1 aliphatic rings. The Balaban J connectivity index is 1.55. The first-order valence-corrected chi connectivity index (χ1v) is 11.8. The third kappa shape index (κ3) is 4.02. The smallest absolute Gasteiger partial charge is 0.252 e. The molecule has 28 heavy (non-hydrogen) atoms. The molecule has 4 nitrogen and oxygen atoms in total. The third-order valence-electron chi connectivity index (χ3n) is 5.01. The average molecular weight is 433 g/mol. The molecular formula is C21H21ClN2O2S2. The van der Waals surface area contributed by atoms with Gasteiger partial charge >= 0.3 is 0 Å². The Morgan fingerprint density at radius 2 is 1.32 bits per heavy atom. The highest BCUT2D eigenvalue weighted by Crippen LogP contribution is 2.32. The lowest BCUT2D eigenvalue weighted by atomic mass is 9.96. The van der Waals surface area contributed by atoms with Gasteiger partial charge in [-0.15, -0.1) is 11.3 Å². The number of piperazine rings is 1. The summed E-state index contributed by atoms with van der Waals surface area (Å²) in [5, 5.41) is 0. The van der Waals surface area contributed by atoms with Crippen LogP contribution >= 0.6 is 22.9 Å². The van der Waals surface area contributed by atoms with Crippen LogP contribution in [0.15, 0.2) is 77.0 Å². The molecule has 2 heterocycles. The SMILES string of the molecule is O=S(=O)(c1ccc(Cl)s1)N1CCN(C(c2ccccc2)c2ccccc2)CC1. The number of hydrogen-bond acceptors (Lipinski definition) is 4. The zero-order valence-corrected chi connectivity index (χ0v) is 17.6. The molecule has 2 aromatic carbocycles. The molecule has 7 heteroatoms. The number of halogens is 1. The Morgan fingerprint density at radius 1 is 0.786 bits per heavy atom. The van der Waals surface area contributed by atoms with Gasteiger partial charge in [-0.3, -0.25) is 4.90 Å². The number of thiophene rings is 1. The normalized spacial score (nSPS) is 16.5. The summed E-state index contributed by atoms with van der Waals surface area (Å²) < 4.78 is 28.1. The molecule has 0 aliphatic carbocycles. The lowest BCUT2D eigenvalue weighted by Crippen LogP contribution is -2.49. The molecule has 0 saturated carbocycles. The van der Waals surface area contributed by atoms with E-state index in [1.54, 1.807) is 16.4 Å². The van der Waals surface area contributed by atoms with Crippen LogP contribution in [0.25, 0.3) is 0 Å². The van der Waals surface area contributed by atoms with Crippen molar-refractivity contribution in [3.63, 3.8) is 0 Å². The van der Waals surface area contributed by atoms with Gasteiger partial charge in [0.05, 0.1) is 10.4 Å². The molecule has 3 aromatic rings. The van der Waals surface area contributed by atoms with Crippen molar-refractivity contribution in [1.29, 1.82) is 0 Å². The van der Waals surface area contributed by atoms with Gasteiger partial charge in [0.1, 0.15) is 4.21 Å². The number of nitrogens with zero attached hydrogens (tertiary/aromatic N) is 2. The van der Waals surface area contributed by atoms with Crippen LogP contribution in [0.1, 0.15) is 17.2 Å². The fourth-order valence-corrected chi connectivity index (χ4v) is 6.71. The van der Waals surface area contributed by atoms with E-state index in [1.165, 1.54) is 11.1 Å². The van der Waals surface area contributed by atoms with Crippen molar-refractivity contribution in [1.82, 2.24) is 9.21 Å². The lowest BCUT2D eigenvalue weighted by Gasteiger charge is -2.39. The lowest BCUT2D eigenvalue weighted by molar-refractivity contribution is 0.156. The van der Waals surface area contributed by atoms with Crippen molar-refractivity contribution >= 4 is 33.0 Å². The molecule has 1 aromatic heterocycles. The van der Waals surface area contributed by atoms with Crippen LogP contribution in [0.3, 0.4) is 0 Å². The molecule has 0 bridgehead atoms. The van der Waals surface area contributed by atoms with Crippen LogP contribution in [-0.4, -0.2) is 43.8 Å². The molecule has 0 amide bonds.